The van der Waals surface area contributed by atoms with E-state index in [9.17, 15) is 0 Å². The second-order valence-electron chi connectivity index (χ2n) is 6.20. The molecular formula is C18H23NO. The Bertz CT molecular complexity index is 597. The van der Waals surface area contributed by atoms with E-state index in [1.165, 1.54) is 11.1 Å². The highest BCUT2D eigenvalue weighted by molar-refractivity contribution is 5.42. The lowest BCUT2D eigenvalue weighted by Gasteiger charge is -2.20. The first-order valence-electron chi connectivity index (χ1n) is 6.98. The number of hydrogen-bond donors (Lipinski definition) is 1. The Morgan fingerprint density at radius 2 is 1.80 bits per heavy atom. The highest BCUT2D eigenvalue weighted by Crippen LogP contribution is 2.30. The maximum absolute atomic E-state index is 6.04. The molecule has 0 aliphatic rings. The summed E-state index contributed by atoms with van der Waals surface area (Å²) in [5.41, 5.74) is 9.34. The van der Waals surface area contributed by atoms with Crippen LogP contribution in [0, 0.1) is 6.92 Å². The molecule has 2 rings (SSSR count). The predicted molar refractivity (Wildman–Crippen MR) is 84.3 cm³/mol. The Morgan fingerprint density at radius 1 is 1.05 bits per heavy atom. The van der Waals surface area contributed by atoms with E-state index < -0.39 is 0 Å². The van der Waals surface area contributed by atoms with E-state index in [2.05, 4.69) is 45.9 Å². The minimum atomic E-state index is 0.114. The summed E-state index contributed by atoms with van der Waals surface area (Å²) in [5, 5.41) is 0. The van der Waals surface area contributed by atoms with E-state index in [1.54, 1.807) is 0 Å². The van der Waals surface area contributed by atoms with Gasteiger partial charge in [0, 0.05) is 12.1 Å². The molecule has 0 bridgehead atoms. The van der Waals surface area contributed by atoms with Crippen molar-refractivity contribution in [2.75, 3.05) is 0 Å². The van der Waals surface area contributed by atoms with E-state index in [1.807, 2.05) is 24.3 Å². The Balaban J connectivity index is 2.33. The lowest BCUT2D eigenvalue weighted by Crippen LogP contribution is -2.10. The van der Waals surface area contributed by atoms with Gasteiger partial charge >= 0.3 is 0 Å². The fourth-order valence-corrected chi connectivity index (χ4v) is 2.08. The molecular weight excluding hydrogens is 246 g/mol. The molecule has 0 amide bonds. The molecule has 106 valence electrons. The second-order valence-corrected chi connectivity index (χ2v) is 6.20. The average molecular weight is 269 g/mol. The summed E-state index contributed by atoms with van der Waals surface area (Å²) in [5.74, 6) is 1.70. The maximum Gasteiger partial charge on any atom is 0.132 e. The lowest BCUT2D eigenvalue weighted by atomic mass is 9.87. The summed E-state index contributed by atoms with van der Waals surface area (Å²) in [6.07, 6.45) is 0. The summed E-state index contributed by atoms with van der Waals surface area (Å²) < 4.78 is 6.04. The van der Waals surface area contributed by atoms with Crippen molar-refractivity contribution >= 4 is 0 Å². The summed E-state index contributed by atoms with van der Waals surface area (Å²) in [7, 11) is 0. The minimum absolute atomic E-state index is 0.114. The molecule has 0 aliphatic heterocycles. The van der Waals surface area contributed by atoms with Gasteiger partial charge in [-0.05, 0) is 41.7 Å². The van der Waals surface area contributed by atoms with Crippen LogP contribution in [0.5, 0.6) is 11.5 Å². The molecule has 2 aromatic carbocycles. The normalized spacial score (nSPS) is 11.4. The van der Waals surface area contributed by atoms with Gasteiger partial charge in [0.1, 0.15) is 11.5 Å². The van der Waals surface area contributed by atoms with Crippen LogP contribution in [-0.4, -0.2) is 0 Å². The molecule has 0 unspecified atom stereocenters. The Labute approximate surface area is 121 Å². The topological polar surface area (TPSA) is 35.2 Å². The number of nitrogens with two attached hydrogens (primary N) is 1. The third kappa shape index (κ3) is 3.40. The van der Waals surface area contributed by atoms with Crippen LogP contribution in [0.2, 0.25) is 0 Å². The summed E-state index contributed by atoms with van der Waals surface area (Å²) in [4.78, 5) is 0. The standard InChI is InChI=1S/C18H23NO/c1-13-8-9-14(12-19)17(10-13)20-16-7-5-6-15(11-16)18(2,3)4/h5-11H,12,19H2,1-4H3. The van der Waals surface area contributed by atoms with Crippen LogP contribution in [0.25, 0.3) is 0 Å². The van der Waals surface area contributed by atoms with Crippen LogP contribution < -0.4 is 10.5 Å². The van der Waals surface area contributed by atoms with Crippen molar-refractivity contribution in [1.29, 1.82) is 0 Å². The Hall–Kier alpha value is -1.80. The SMILES string of the molecule is Cc1ccc(CN)c(Oc2cccc(C(C)(C)C)c2)c1. The van der Waals surface area contributed by atoms with Gasteiger partial charge in [0.25, 0.3) is 0 Å². The Kier molecular flexibility index (Phi) is 4.15. The molecule has 0 spiro atoms. The number of ether oxygens (including phenoxy) is 1. The monoisotopic (exact) mass is 269 g/mol. The van der Waals surface area contributed by atoms with Crippen molar-refractivity contribution in [2.24, 2.45) is 5.73 Å². The van der Waals surface area contributed by atoms with Crippen LogP contribution in [0.4, 0.5) is 0 Å². The molecule has 0 heterocycles. The van der Waals surface area contributed by atoms with Gasteiger partial charge in [0.2, 0.25) is 0 Å². The van der Waals surface area contributed by atoms with Gasteiger partial charge in [-0.1, -0.05) is 45.0 Å². The van der Waals surface area contributed by atoms with E-state index in [4.69, 9.17) is 10.5 Å². The molecule has 2 N–H and O–H groups in total. The minimum Gasteiger partial charge on any atom is -0.457 e. The van der Waals surface area contributed by atoms with Gasteiger partial charge < -0.3 is 10.5 Å². The first-order chi connectivity index (χ1) is 9.40. The third-order valence-electron chi connectivity index (χ3n) is 3.37. The second kappa shape index (κ2) is 5.68. The number of rotatable bonds is 3. The zero-order chi connectivity index (χ0) is 14.8. The average Bonchev–Trinajstić information content (AvgIpc) is 2.38. The highest BCUT2D eigenvalue weighted by Gasteiger charge is 2.14. The number of benzene rings is 2. The van der Waals surface area contributed by atoms with Crippen LogP contribution in [0.1, 0.15) is 37.5 Å². The van der Waals surface area contributed by atoms with Gasteiger partial charge in [-0.3, -0.25) is 0 Å². The van der Waals surface area contributed by atoms with Crippen molar-refractivity contribution in [3.8, 4) is 11.5 Å². The van der Waals surface area contributed by atoms with Crippen LogP contribution in [0.3, 0.4) is 0 Å². The van der Waals surface area contributed by atoms with Crippen LogP contribution >= 0.6 is 0 Å². The van der Waals surface area contributed by atoms with Crippen molar-refractivity contribution < 1.29 is 4.74 Å². The zero-order valence-corrected chi connectivity index (χ0v) is 12.7. The fraction of sp³-hybridized carbons (Fsp3) is 0.333. The number of hydrogen-bond acceptors (Lipinski definition) is 2. The molecule has 0 saturated heterocycles. The molecule has 2 heteroatoms. The first-order valence-corrected chi connectivity index (χ1v) is 6.98. The molecule has 0 radical (unpaired) electrons. The van der Waals surface area contributed by atoms with E-state index in [0.717, 1.165) is 17.1 Å². The van der Waals surface area contributed by atoms with Crippen molar-refractivity contribution in [2.45, 2.75) is 39.7 Å². The van der Waals surface area contributed by atoms with Gasteiger partial charge in [-0.25, -0.2) is 0 Å². The maximum atomic E-state index is 6.04. The largest absolute Gasteiger partial charge is 0.457 e. The lowest BCUT2D eigenvalue weighted by molar-refractivity contribution is 0.472. The molecule has 20 heavy (non-hydrogen) atoms. The van der Waals surface area contributed by atoms with E-state index in [0.29, 0.717) is 6.54 Å². The summed E-state index contributed by atoms with van der Waals surface area (Å²) in [6.45, 7) is 9.13. The smallest absolute Gasteiger partial charge is 0.132 e. The third-order valence-corrected chi connectivity index (χ3v) is 3.37. The highest BCUT2D eigenvalue weighted by atomic mass is 16.5. The van der Waals surface area contributed by atoms with E-state index >= 15 is 0 Å². The van der Waals surface area contributed by atoms with Gasteiger partial charge in [0.15, 0.2) is 0 Å². The van der Waals surface area contributed by atoms with Gasteiger partial charge in [-0.2, -0.15) is 0 Å². The van der Waals surface area contributed by atoms with Gasteiger partial charge in [0.05, 0.1) is 0 Å². The molecule has 2 nitrogen and oxygen atoms in total. The Morgan fingerprint density at radius 3 is 2.45 bits per heavy atom. The number of aryl methyl sites for hydroxylation is 1. The van der Waals surface area contributed by atoms with Crippen LogP contribution in [0.15, 0.2) is 42.5 Å². The fourth-order valence-electron chi connectivity index (χ4n) is 2.08. The summed E-state index contributed by atoms with van der Waals surface area (Å²) >= 11 is 0. The summed E-state index contributed by atoms with van der Waals surface area (Å²) in [6, 6.07) is 14.4. The molecule has 0 aromatic heterocycles. The predicted octanol–water partition coefficient (Wildman–Crippen LogP) is 4.54. The van der Waals surface area contributed by atoms with Crippen LogP contribution in [-0.2, 0) is 12.0 Å². The van der Waals surface area contributed by atoms with Crippen molar-refractivity contribution in [3.63, 3.8) is 0 Å². The quantitative estimate of drug-likeness (QED) is 0.887. The molecule has 2 aromatic rings. The zero-order valence-electron chi connectivity index (χ0n) is 12.7. The molecule has 0 atom stereocenters. The molecule has 0 fully saturated rings. The van der Waals surface area contributed by atoms with Crippen molar-refractivity contribution in [3.05, 3.63) is 59.2 Å². The van der Waals surface area contributed by atoms with E-state index in [-0.39, 0.29) is 5.41 Å². The first kappa shape index (κ1) is 14.6. The molecule has 0 saturated carbocycles. The molecule has 0 aliphatic carbocycles. The van der Waals surface area contributed by atoms with Gasteiger partial charge in [-0.15, -0.1) is 0 Å². The van der Waals surface area contributed by atoms with Crippen molar-refractivity contribution in [1.82, 2.24) is 0 Å².